The van der Waals surface area contributed by atoms with Crippen LogP contribution in [-0.2, 0) is 21.4 Å². The number of furan rings is 1. The maximum atomic E-state index is 11.9. The van der Waals surface area contributed by atoms with Crippen molar-refractivity contribution < 1.29 is 22.4 Å². The number of carbonyl (C=O) groups excluding carboxylic acids is 2. The molecule has 0 spiro atoms. The Kier molecular flexibility index (Phi) is 3.14. The molecule has 0 aromatic carbocycles. The number of nitrogens with one attached hydrogen (secondary N) is 1. The van der Waals surface area contributed by atoms with Crippen LogP contribution >= 0.6 is 0 Å². The third-order valence-corrected chi connectivity index (χ3v) is 5.66. The molecule has 110 valence electrons. The normalized spacial score (nSPS) is 19.6. The standard InChI is InChI=1S/C11H15N3O5S/c1-6-8(9(15)13-12)4-7(19-6)5-14-10(16)11(2,3)20(14,17)18/h4H,5,12H2,1-3H3,(H,13,15). The third kappa shape index (κ3) is 1.81. The van der Waals surface area contributed by atoms with E-state index in [-0.39, 0.29) is 17.9 Å². The highest BCUT2D eigenvalue weighted by molar-refractivity contribution is 7.94. The topological polar surface area (TPSA) is 123 Å². The molecule has 2 heterocycles. The third-order valence-electron chi connectivity index (χ3n) is 3.32. The van der Waals surface area contributed by atoms with Crippen molar-refractivity contribution in [1.82, 2.24) is 9.73 Å². The lowest BCUT2D eigenvalue weighted by molar-refractivity contribution is -0.132. The van der Waals surface area contributed by atoms with Crippen molar-refractivity contribution in [3.8, 4) is 0 Å². The first-order valence-electron chi connectivity index (χ1n) is 5.80. The quantitative estimate of drug-likeness (QED) is 0.446. The van der Waals surface area contributed by atoms with Gasteiger partial charge in [-0.3, -0.25) is 15.0 Å². The molecule has 1 saturated heterocycles. The van der Waals surface area contributed by atoms with E-state index in [0.717, 1.165) is 4.31 Å². The highest BCUT2D eigenvalue weighted by Crippen LogP contribution is 2.36. The fraction of sp³-hybridized carbons (Fsp3) is 0.455. The smallest absolute Gasteiger partial charge is 0.268 e. The van der Waals surface area contributed by atoms with Gasteiger partial charge in [0.1, 0.15) is 11.5 Å². The first-order valence-corrected chi connectivity index (χ1v) is 7.24. The number of sulfonamides is 1. The second kappa shape index (κ2) is 4.32. The number of amides is 2. The van der Waals surface area contributed by atoms with Crippen molar-refractivity contribution in [3.05, 3.63) is 23.2 Å². The average Bonchev–Trinajstić information content (AvgIpc) is 2.75. The number of hydrogen-bond donors (Lipinski definition) is 2. The van der Waals surface area contributed by atoms with Gasteiger partial charge in [-0.25, -0.2) is 18.6 Å². The monoisotopic (exact) mass is 301 g/mol. The van der Waals surface area contributed by atoms with E-state index in [1.165, 1.54) is 19.9 Å². The van der Waals surface area contributed by atoms with Gasteiger partial charge in [0.05, 0.1) is 12.1 Å². The minimum Gasteiger partial charge on any atom is -0.464 e. The summed E-state index contributed by atoms with van der Waals surface area (Å²) in [6.45, 7) is 4.01. The summed E-state index contributed by atoms with van der Waals surface area (Å²) in [4.78, 5) is 23.2. The van der Waals surface area contributed by atoms with Crippen molar-refractivity contribution in [2.24, 2.45) is 5.84 Å². The minimum absolute atomic E-state index is 0.201. The first kappa shape index (κ1) is 14.5. The molecule has 1 aromatic heterocycles. The van der Waals surface area contributed by atoms with Crippen molar-refractivity contribution in [2.75, 3.05) is 0 Å². The van der Waals surface area contributed by atoms with Crippen molar-refractivity contribution in [3.63, 3.8) is 0 Å². The number of rotatable bonds is 3. The predicted octanol–water partition coefficient (Wildman–Crippen LogP) is -0.358. The van der Waals surface area contributed by atoms with Gasteiger partial charge >= 0.3 is 0 Å². The van der Waals surface area contributed by atoms with Gasteiger partial charge in [0, 0.05) is 0 Å². The lowest BCUT2D eigenvalue weighted by Gasteiger charge is -2.42. The van der Waals surface area contributed by atoms with E-state index < -0.39 is 26.6 Å². The summed E-state index contributed by atoms with van der Waals surface area (Å²) < 4.78 is 28.5. The Morgan fingerprint density at radius 2 is 2.10 bits per heavy atom. The van der Waals surface area contributed by atoms with Crippen LogP contribution < -0.4 is 11.3 Å². The number of nitrogens with two attached hydrogens (primary N) is 1. The Morgan fingerprint density at radius 3 is 2.60 bits per heavy atom. The molecule has 0 radical (unpaired) electrons. The molecule has 1 fully saturated rings. The van der Waals surface area contributed by atoms with E-state index in [2.05, 4.69) is 0 Å². The van der Waals surface area contributed by atoms with Crippen molar-refractivity contribution >= 4 is 21.8 Å². The van der Waals surface area contributed by atoms with Crippen LogP contribution in [0.1, 0.15) is 35.7 Å². The second-order valence-electron chi connectivity index (χ2n) is 4.98. The molecule has 2 amide bonds. The Bertz CT molecular complexity index is 689. The zero-order valence-electron chi connectivity index (χ0n) is 11.3. The Labute approximate surface area is 115 Å². The molecule has 0 aliphatic carbocycles. The minimum atomic E-state index is -3.68. The van der Waals surface area contributed by atoms with Crippen LogP contribution in [0.3, 0.4) is 0 Å². The van der Waals surface area contributed by atoms with Crippen LogP contribution in [0.4, 0.5) is 0 Å². The molecule has 0 atom stereocenters. The van der Waals surface area contributed by atoms with Gasteiger partial charge in [-0.15, -0.1) is 0 Å². The summed E-state index contributed by atoms with van der Waals surface area (Å²) in [6, 6.07) is 1.37. The first-order chi connectivity index (χ1) is 9.12. The number of nitrogen functional groups attached to an aromatic ring is 1. The maximum absolute atomic E-state index is 11.9. The lowest BCUT2D eigenvalue weighted by Crippen LogP contribution is -2.66. The number of aryl methyl sites for hydroxylation is 1. The van der Waals surface area contributed by atoms with Crippen molar-refractivity contribution in [2.45, 2.75) is 32.1 Å². The van der Waals surface area contributed by atoms with E-state index in [1.54, 1.807) is 6.92 Å². The summed E-state index contributed by atoms with van der Waals surface area (Å²) >= 11 is 0. The van der Waals surface area contributed by atoms with Crippen LogP contribution in [0.2, 0.25) is 0 Å². The lowest BCUT2D eigenvalue weighted by atomic mass is 10.2. The summed E-state index contributed by atoms with van der Waals surface area (Å²) in [7, 11) is -3.68. The SMILES string of the molecule is Cc1oc(CN2C(=O)C(C)(C)S2(=O)=O)cc1C(=O)NN. The van der Waals surface area contributed by atoms with Gasteiger partial charge in [0.15, 0.2) is 4.75 Å². The number of hydrazine groups is 1. The van der Waals surface area contributed by atoms with Crippen LogP contribution in [0.15, 0.2) is 10.5 Å². The van der Waals surface area contributed by atoms with Gasteiger partial charge in [-0.2, -0.15) is 0 Å². The summed E-state index contributed by atoms with van der Waals surface area (Å²) in [5.74, 6) is 4.47. The highest BCUT2D eigenvalue weighted by Gasteiger charge is 2.60. The van der Waals surface area contributed by atoms with E-state index >= 15 is 0 Å². The molecule has 0 bridgehead atoms. The zero-order chi connectivity index (χ0) is 15.3. The van der Waals surface area contributed by atoms with Gasteiger partial charge < -0.3 is 4.42 Å². The zero-order valence-corrected chi connectivity index (χ0v) is 12.1. The molecule has 9 heteroatoms. The van der Waals surface area contributed by atoms with Gasteiger partial charge in [-0.1, -0.05) is 0 Å². The number of nitrogens with zero attached hydrogens (tertiary/aromatic N) is 1. The molecule has 8 nitrogen and oxygen atoms in total. The molecule has 1 aliphatic heterocycles. The van der Waals surface area contributed by atoms with E-state index in [0.29, 0.717) is 5.76 Å². The predicted molar refractivity (Wildman–Crippen MR) is 68.6 cm³/mol. The number of hydrogen-bond acceptors (Lipinski definition) is 6. The largest absolute Gasteiger partial charge is 0.464 e. The molecular formula is C11H15N3O5S. The summed E-state index contributed by atoms with van der Waals surface area (Å²) in [6.07, 6.45) is 0. The van der Waals surface area contributed by atoms with Gasteiger partial charge in [-0.05, 0) is 26.8 Å². The second-order valence-corrected chi connectivity index (χ2v) is 7.39. The Morgan fingerprint density at radius 1 is 1.50 bits per heavy atom. The molecule has 1 aromatic rings. The highest BCUT2D eigenvalue weighted by atomic mass is 32.2. The fourth-order valence-corrected chi connectivity index (χ4v) is 3.47. The van der Waals surface area contributed by atoms with Crippen LogP contribution in [0.25, 0.3) is 0 Å². The maximum Gasteiger partial charge on any atom is 0.268 e. The van der Waals surface area contributed by atoms with Crippen LogP contribution in [-0.4, -0.2) is 29.3 Å². The molecule has 3 N–H and O–H groups in total. The molecule has 1 aliphatic rings. The summed E-state index contributed by atoms with van der Waals surface area (Å²) in [5.41, 5.74) is 2.16. The Hall–Kier alpha value is -1.87. The van der Waals surface area contributed by atoms with E-state index in [4.69, 9.17) is 10.3 Å². The van der Waals surface area contributed by atoms with E-state index in [9.17, 15) is 18.0 Å². The fourth-order valence-electron chi connectivity index (χ4n) is 1.98. The summed E-state index contributed by atoms with van der Waals surface area (Å²) in [5, 5.41) is 0. The van der Waals surface area contributed by atoms with Crippen LogP contribution in [0, 0.1) is 6.92 Å². The molecular weight excluding hydrogens is 286 g/mol. The molecule has 0 unspecified atom stereocenters. The van der Waals surface area contributed by atoms with E-state index in [1.807, 2.05) is 5.43 Å². The molecule has 0 saturated carbocycles. The molecule has 20 heavy (non-hydrogen) atoms. The van der Waals surface area contributed by atoms with Crippen molar-refractivity contribution in [1.29, 1.82) is 0 Å². The van der Waals surface area contributed by atoms with Gasteiger partial charge in [0.25, 0.3) is 21.8 Å². The number of carbonyl (C=O) groups is 2. The van der Waals surface area contributed by atoms with Crippen LogP contribution in [0.5, 0.6) is 0 Å². The average molecular weight is 301 g/mol. The molecule has 2 rings (SSSR count). The van der Waals surface area contributed by atoms with Gasteiger partial charge in [0.2, 0.25) is 0 Å². The Balaban J connectivity index is 2.25.